The van der Waals surface area contributed by atoms with Crippen molar-refractivity contribution in [3.8, 4) is 22.3 Å². The third-order valence-corrected chi connectivity index (χ3v) is 15.1. The first-order valence-corrected chi connectivity index (χ1v) is 24.6. The predicted molar refractivity (Wildman–Crippen MR) is 287 cm³/mol. The molecule has 67 heavy (non-hydrogen) atoms. The summed E-state index contributed by atoms with van der Waals surface area (Å²) >= 11 is 0. The summed E-state index contributed by atoms with van der Waals surface area (Å²) in [5.74, 6) is 1.68. The fourth-order valence-electron chi connectivity index (χ4n) is 11.8. The molecule has 1 aliphatic heterocycles. The third kappa shape index (κ3) is 7.20. The van der Waals surface area contributed by atoms with Crippen LogP contribution in [0.2, 0.25) is 0 Å². The van der Waals surface area contributed by atoms with Gasteiger partial charge in [-0.05, 0) is 199 Å². The van der Waals surface area contributed by atoms with Gasteiger partial charge in [0.25, 0.3) is 0 Å². The Hall–Kier alpha value is -7.04. The summed E-state index contributed by atoms with van der Waals surface area (Å²) in [6.07, 6.45) is 10.9. The second-order valence-electron chi connectivity index (χ2n) is 19.7. The molecule has 0 saturated heterocycles. The molecule has 3 nitrogen and oxygen atoms in total. The molecule has 1 saturated carbocycles. The van der Waals surface area contributed by atoms with Gasteiger partial charge in [-0.1, -0.05) is 121 Å². The minimum Gasteiger partial charge on any atom is -0.454 e. The number of rotatable bonds is 9. The van der Waals surface area contributed by atoms with Crippen molar-refractivity contribution < 1.29 is 4.42 Å². The van der Waals surface area contributed by atoms with Crippen LogP contribution in [0.25, 0.3) is 50.1 Å². The van der Waals surface area contributed by atoms with Gasteiger partial charge in [0, 0.05) is 39.3 Å². The van der Waals surface area contributed by atoms with Gasteiger partial charge in [-0.3, -0.25) is 0 Å². The maximum Gasteiger partial charge on any atom is 0.198 e. The van der Waals surface area contributed by atoms with E-state index in [2.05, 4.69) is 197 Å². The van der Waals surface area contributed by atoms with E-state index in [4.69, 9.17) is 4.42 Å². The Kier molecular flexibility index (Phi) is 10.1. The lowest BCUT2D eigenvalue weighted by molar-refractivity contribution is 0.596. The van der Waals surface area contributed by atoms with Crippen LogP contribution in [0.4, 0.5) is 28.4 Å². The highest BCUT2D eigenvalue weighted by molar-refractivity contribution is 6.73. The SMILES string of the molecule is CCc1ccc(N2c3cc(Cc4ccccc4C4CC4)c(C)cc3Bc3c(-c4c(Nc5cccc6c7c(oc56)C=CCC7)ccc5ccccc45)cc(-c4c(C)cc(C)cc4C)cc32)c(C)c1. The Morgan fingerprint density at radius 2 is 1.46 bits per heavy atom. The molecule has 2 heterocycles. The van der Waals surface area contributed by atoms with E-state index in [1.54, 1.807) is 0 Å². The van der Waals surface area contributed by atoms with Crippen molar-refractivity contribution in [1.82, 2.24) is 0 Å². The molecule has 8 aromatic carbocycles. The summed E-state index contributed by atoms with van der Waals surface area (Å²) in [7, 11) is 0.810. The van der Waals surface area contributed by atoms with Gasteiger partial charge in [0.15, 0.2) is 12.9 Å². The fourth-order valence-corrected chi connectivity index (χ4v) is 11.8. The molecule has 0 radical (unpaired) electrons. The highest BCUT2D eigenvalue weighted by Crippen LogP contribution is 2.47. The average molecular weight is 869 g/mol. The molecule has 12 rings (SSSR count). The molecule has 2 aliphatic carbocycles. The molecule has 1 fully saturated rings. The lowest BCUT2D eigenvalue weighted by Gasteiger charge is -2.37. The summed E-state index contributed by atoms with van der Waals surface area (Å²) in [6.45, 7) is 13.7. The minimum absolute atomic E-state index is 0.700. The number of allylic oxidation sites excluding steroid dienone is 1. The van der Waals surface area contributed by atoms with E-state index in [-0.39, 0.29) is 0 Å². The number of para-hydroxylation sites is 1. The normalized spacial score (nSPS) is 14.0. The van der Waals surface area contributed by atoms with Crippen LogP contribution in [0.5, 0.6) is 0 Å². The Morgan fingerprint density at radius 1 is 0.657 bits per heavy atom. The van der Waals surface area contributed by atoms with Gasteiger partial charge in [0.1, 0.15) is 5.76 Å². The molecule has 3 aliphatic rings. The van der Waals surface area contributed by atoms with Crippen LogP contribution in [0, 0.1) is 34.6 Å². The maximum atomic E-state index is 6.68. The second-order valence-corrected chi connectivity index (χ2v) is 19.7. The van der Waals surface area contributed by atoms with E-state index in [1.165, 1.54) is 135 Å². The number of anilines is 5. The summed E-state index contributed by atoms with van der Waals surface area (Å²) in [5, 5.41) is 7.65. The first-order chi connectivity index (χ1) is 32.7. The largest absolute Gasteiger partial charge is 0.454 e. The van der Waals surface area contributed by atoms with Crippen LogP contribution < -0.4 is 21.1 Å². The molecule has 0 unspecified atom stereocenters. The zero-order valence-corrected chi connectivity index (χ0v) is 39.7. The number of hydrogen-bond donors (Lipinski definition) is 1. The minimum atomic E-state index is 0.700. The van der Waals surface area contributed by atoms with Crippen molar-refractivity contribution in [2.45, 2.75) is 86.0 Å². The van der Waals surface area contributed by atoms with E-state index in [0.717, 1.165) is 55.7 Å². The zero-order chi connectivity index (χ0) is 45.5. The monoisotopic (exact) mass is 868 g/mol. The van der Waals surface area contributed by atoms with Crippen LogP contribution in [-0.4, -0.2) is 7.28 Å². The molecule has 0 spiro atoms. The van der Waals surface area contributed by atoms with Crippen LogP contribution in [0.15, 0.2) is 144 Å². The molecule has 0 atom stereocenters. The smallest absolute Gasteiger partial charge is 0.198 e. The molecule has 1 N–H and O–H groups in total. The Balaban J connectivity index is 1.13. The highest BCUT2D eigenvalue weighted by atomic mass is 16.3. The van der Waals surface area contributed by atoms with Gasteiger partial charge in [0.2, 0.25) is 0 Å². The van der Waals surface area contributed by atoms with E-state index >= 15 is 0 Å². The van der Waals surface area contributed by atoms with Gasteiger partial charge in [-0.2, -0.15) is 0 Å². The van der Waals surface area contributed by atoms with Crippen molar-refractivity contribution in [2.24, 2.45) is 0 Å². The Labute approximate surface area is 396 Å². The van der Waals surface area contributed by atoms with Crippen molar-refractivity contribution in [1.29, 1.82) is 0 Å². The molecule has 0 bridgehead atoms. The van der Waals surface area contributed by atoms with Crippen molar-refractivity contribution >= 4 is 74.5 Å². The average Bonchev–Trinajstić information content (AvgIpc) is 4.11. The molecular formula is C63H57BN2O. The van der Waals surface area contributed by atoms with Crippen molar-refractivity contribution in [3.63, 3.8) is 0 Å². The lowest BCUT2D eigenvalue weighted by Crippen LogP contribution is -2.41. The second kappa shape index (κ2) is 16.4. The zero-order valence-electron chi connectivity index (χ0n) is 39.7. The molecule has 4 heteroatoms. The van der Waals surface area contributed by atoms with Crippen LogP contribution in [0.1, 0.15) is 93.5 Å². The van der Waals surface area contributed by atoms with Gasteiger partial charge < -0.3 is 14.6 Å². The van der Waals surface area contributed by atoms with Crippen molar-refractivity contribution in [3.05, 3.63) is 201 Å². The summed E-state index contributed by atoms with van der Waals surface area (Å²) in [5.41, 5.74) is 28.0. The van der Waals surface area contributed by atoms with Gasteiger partial charge in [0.05, 0.1) is 5.69 Å². The third-order valence-electron chi connectivity index (χ3n) is 15.1. The number of aryl methyl sites for hydroxylation is 7. The maximum absolute atomic E-state index is 6.68. The first kappa shape index (κ1) is 41.4. The molecular weight excluding hydrogens is 812 g/mol. The highest BCUT2D eigenvalue weighted by Gasteiger charge is 2.32. The van der Waals surface area contributed by atoms with E-state index in [1.807, 2.05) is 0 Å². The summed E-state index contributed by atoms with van der Waals surface area (Å²) in [6, 6.07) is 51.2. The molecule has 328 valence electrons. The summed E-state index contributed by atoms with van der Waals surface area (Å²) in [4.78, 5) is 2.63. The Morgan fingerprint density at radius 3 is 2.28 bits per heavy atom. The first-order valence-electron chi connectivity index (χ1n) is 24.6. The van der Waals surface area contributed by atoms with E-state index in [0.29, 0.717) is 5.92 Å². The van der Waals surface area contributed by atoms with Crippen LogP contribution in [0.3, 0.4) is 0 Å². The van der Waals surface area contributed by atoms with Gasteiger partial charge >= 0.3 is 0 Å². The number of hydrogen-bond acceptors (Lipinski definition) is 3. The van der Waals surface area contributed by atoms with Crippen LogP contribution in [-0.2, 0) is 19.3 Å². The van der Waals surface area contributed by atoms with Gasteiger partial charge in [-0.25, -0.2) is 0 Å². The van der Waals surface area contributed by atoms with Crippen molar-refractivity contribution in [2.75, 3.05) is 10.2 Å². The number of fused-ring (bicyclic) bond motifs is 6. The van der Waals surface area contributed by atoms with E-state index in [9.17, 15) is 0 Å². The van der Waals surface area contributed by atoms with Gasteiger partial charge in [-0.15, -0.1) is 0 Å². The summed E-state index contributed by atoms with van der Waals surface area (Å²) < 4.78 is 6.68. The molecule has 0 amide bonds. The Bertz CT molecular complexity index is 3490. The number of nitrogens with one attached hydrogen (secondary N) is 1. The predicted octanol–water partition coefficient (Wildman–Crippen LogP) is 15.4. The molecule has 1 aromatic heterocycles. The topological polar surface area (TPSA) is 28.4 Å². The lowest BCUT2D eigenvalue weighted by atomic mass is 9.57. The number of furan rings is 1. The van der Waals surface area contributed by atoms with Crippen LogP contribution >= 0.6 is 0 Å². The van der Waals surface area contributed by atoms with E-state index < -0.39 is 0 Å². The molecule has 9 aromatic rings. The number of nitrogens with zero attached hydrogens (tertiary/aromatic N) is 1. The standard InChI is InChI=1S/C63H57BN2O/c1-7-42-23-28-56(39(4)31-42)66-57-35-46(33-45-16-9-10-17-48(45)44-24-25-44)38(3)32-53(57)64-62-52(34-47(36-58(62)66)60-40(5)29-37(2)30-41(60)6)61-49-18-11-8-15-43(49)26-27-54(61)65-55-21-14-20-51-50-19-12-13-22-59(50)67-63(51)55/h8-11,13-18,20-23,26-32,34-36,44,64-65H,7,12,19,24-25,33H2,1-6H3. The number of benzene rings is 8. The fraction of sp³-hybridized carbons (Fsp3) is 0.206. The quantitative estimate of drug-likeness (QED) is 0.147.